The number of phenolic OH excluding ortho intramolecular Hbond substituents is 1. The van der Waals surface area contributed by atoms with E-state index in [0.29, 0.717) is 17.4 Å². The van der Waals surface area contributed by atoms with Crippen LogP contribution in [0.5, 0.6) is 5.75 Å². The molecule has 6 nitrogen and oxygen atoms in total. The standard InChI is InChI=1S/C11H11BrClNO5S/c12-6-4-7(13)10(15)9(5-6)20(17,18)19-11(16)8-2-1-3-14-8/h4-5,8,14-15H,1-3H2/t8-/m0/s1. The molecule has 20 heavy (non-hydrogen) atoms. The maximum absolute atomic E-state index is 12.0. The van der Waals surface area contributed by atoms with Crippen LogP contribution in [0.1, 0.15) is 12.8 Å². The van der Waals surface area contributed by atoms with E-state index < -0.39 is 32.8 Å². The normalized spacial score (nSPS) is 19.0. The van der Waals surface area contributed by atoms with Gasteiger partial charge in [0.15, 0.2) is 5.75 Å². The van der Waals surface area contributed by atoms with E-state index in [1.165, 1.54) is 6.07 Å². The van der Waals surface area contributed by atoms with Crippen LogP contribution in [0.3, 0.4) is 0 Å². The molecule has 0 aromatic heterocycles. The lowest BCUT2D eigenvalue weighted by molar-refractivity contribution is -0.135. The Balaban J connectivity index is 2.28. The van der Waals surface area contributed by atoms with Crippen molar-refractivity contribution < 1.29 is 22.5 Å². The highest BCUT2D eigenvalue weighted by Crippen LogP contribution is 2.35. The third-order valence-corrected chi connectivity index (χ3v) is 4.78. The van der Waals surface area contributed by atoms with Gasteiger partial charge < -0.3 is 14.6 Å². The summed E-state index contributed by atoms with van der Waals surface area (Å²) < 4.78 is 28.9. The number of rotatable bonds is 3. The molecule has 9 heteroatoms. The maximum Gasteiger partial charge on any atom is 0.345 e. The van der Waals surface area contributed by atoms with E-state index in [2.05, 4.69) is 25.4 Å². The van der Waals surface area contributed by atoms with Gasteiger partial charge in [-0.05, 0) is 31.5 Å². The number of phenols is 1. The fraction of sp³-hybridized carbons (Fsp3) is 0.364. The molecule has 0 radical (unpaired) electrons. The highest BCUT2D eigenvalue weighted by Gasteiger charge is 2.31. The van der Waals surface area contributed by atoms with Gasteiger partial charge in [-0.1, -0.05) is 27.5 Å². The lowest BCUT2D eigenvalue weighted by Crippen LogP contribution is -2.33. The number of aromatic hydroxyl groups is 1. The molecule has 2 N–H and O–H groups in total. The highest BCUT2D eigenvalue weighted by atomic mass is 79.9. The van der Waals surface area contributed by atoms with Crippen LogP contribution in [0.25, 0.3) is 0 Å². The number of carbonyl (C=O) groups excluding carboxylic acids is 1. The summed E-state index contributed by atoms with van der Waals surface area (Å²) in [6, 6.07) is 1.80. The van der Waals surface area contributed by atoms with Crippen LogP contribution < -0.4 is 5.32 Å². The zero-order valence-corrected chi connectivity index (χ0v) is 13.3. The number of halogens is 2. The van der Waals surface area contributed by atoms with E-state index >= 15 is 0 Å². The molecule has 0 saturated carbocycles. The Labute approximate surface area is 129 Å². The van der Waals surface area contributed by atoms with Crippen molar-refractivity contribution in [1.29, 1.82) is 0 Å². The topological polar surface area (TPSA) is 92.7 Å². The van der Waals surface area contributed by atoms with E-state index in [1.807, 2.05) is 0 Å². The second kappa shape index (κ2) is 5.88. The summed E-state index contributed by atoms with van der Waals surface area (Å²) in [5.74, 6) is -1.54. The number of nitrogens with one attached hydrogen (secondary N) is 1. The predicted molar refractivity (Wildman–Crippen MR) is 75.1 cm³/mol. The van der Waals surface area contributed by atoms with Crippen LogP contribution in [0.2, 0.25) is 5.02 Å². The van der Waals surface area contributed by atoms with E-state index in [-0.39, 0.29) is 5.02 Å². The summed E-state index contributed by atoms with van der Waals surface area (Å²) >= 11 is 8.75. The first kappa shape index (κ1) is 15.6. The Morgan fingerprint density at radius 2 is 2.20 bits per heavy atom. The molecule has 1 heterocycles. The third kappa shape index (κ3) is 3.25. The van der Waals surface area contributed by atoms with Gasteiger partial charge in [0.05, 0.1) is 5.02 Å². The van der Waals surface area contributed by atoms with Gasteiger partial charge in [-0.25, -0.2) is 4.79 Å². The van der Waals surface area contributed by atoms with Gasteiger partial charge in [0.25, 0.3) is 0 Å². The molecule has 0 unspecified atom stereocenters. The van der Waals surface area contributed by atoms with Crippen molar-refractivity contribution in [2.24, 2.45) is 0 Å². The second-order valence-corrected chi connectivity index (χ2v) is 7.08. The van der Waals surface area contributed by atoms with Crippen molar-refractivity contribution in [1.82, 2.24) is 5.32 Å². The summed E-state index contributed by atoms with van der Waals surface area (Å²) in [6.45, 7) is 0.633. The van der Waals surface area contributed by atoms with Gasteiger partial charge in [0.1, 0.15) is 10.9 Å². The van der Waals surface area contributed by atoms with Crippen LogP contribution in [-0.4, -0.2) is 32.1 Å². The van der Waals surface area contributed by atoms with E-state index in [0.717, 1.165) is 12.5 Å². The molecule has 1 saturated heterocycles. The first-order valence-corrected chi connectivity index (χ1v) is 8.29. The summed E-state index contributed by atoms with van der Waals surface area (Å²) in [5, 5.41) is 12.4. The van der Waals surface area contributed by atoms with Crippen LogP contribution in [0, 0.1) is 0 Å². The van der Waals surface area contributed by atoms with E-state index in [4.69, 9.17) is 11.6 Å². The molecule has 1 aliphatic heterocycles. The molecular weight excluding hydrogens is 374 g/mol. The highest BCUT2D eigenvalue weighted by molar-refractivity contribution is 9.10. The molecule has 1 aromatic rings. The fourth-order valence-electron chi connectivity index (χ4n) is 1.83. The Kier molecular flexibility index (Phi) is 4.58. The third-order valence-electron chi connectivity index (χ3n) is 2.80. The van der Waals surface area contributed by atoms with Crippen LogP contribution >= 0.6 is 27.5 Å². The Morgan fingerprint density at radius 1 is 1.50 bits per heavy atom. The van der Waals surface area contributed by atoms with E-state index in [9.17, 15) is 18.3 Å². The lowest BCUT2D eigenvalue weighted by Gasteiger charge is -2.12. The summed E-state index contributed by atoms with van der Waals surface area (Å²) in [6.07, 6.45) is 1.29. The van der Waals surface area contributed by atoms with Crippen molar-refractivity contribution in [2.45, 2.75) is 23.8 Å². The molecule has 1 aliphatic rings. The molecular formula is C11H11BrClNO5S. The zero-order valence-electron chi connectivity index (χ0n) is 10.1. The molecule has 1 aromatic carbocycles. The van der Waals surface area contributed by atoms with Crippen molar-refractivity contribution in [3.63, 3.8) is 0 Å². The van der Waals surface area contributed by atoms with Gasteiger partial charge in [0, 0.05) is 4.47 Å². The number of benzene rings is 1. The molecule has 0 bridgehead atoms. The Hall–Kier alpha value is -0.830. The maximum atomic E-state index is 12.0. The Morgan fingerprint density at radius 3 is 2.80 bits per heavy atom. The first-order valence-electron chi connectivity index (χ1n) is 5.71. The molecule has 1 fully saturated rings. The Bertz CT molecular complexity index is 642. The summed E-state index contributed by atoms with van der Waals surface area (Å²) in [5.41, 5.74) is 0. The van der Waals surface area contributed by atoms with Crippen LogP contribution in [0.15, 0.2) is 21.5 Å². The van der Waals surface area contributed by atoms with Crippen molar-refractivity contribution in [3.8, 4) is 5.75 Å². The van der Waals surface area contributed by atoms with Crippen LogP contribution in [-0.2, 0) is 19.1 Å². The van der Waals surface area contributed by atoms with Gasteiger partial charge in [-0.15, -0.1) is 0 Å². The SMILES string of the molecule is O=C(OS(=O)(=O)c1cc(Br)cc(Cl)c1O)[C@@H]1CCCN1. The van der Waals surface area contributed by atoms with Crippen molar-refractivity contribution >= 4 is 43.6 Å². The first-order chi connectivity index (χ1) is 9.31. The molecule has 2 rings (SSSR count). The molecule has 1 atom stereocenters. The van der Waals surface area contributed by atoms with Crippen molar-refractivity contribution in [3.05, 3.63) is 21.6 Å². The van der Waals surface area contributed by atoms with Gasteiger partial charge in [-0.2, -0.15) is 8.42 Å². The summed E-state index contributed by atoms with van der Waals surface area (Å²) in [7, 11) is -4.43. The van der Waals surface area contributed by atoms with Gasteiger partial charge >= 0.3 is 16.1 Å². The lowest BCUT2D eigenvalue weighted by atomic mass is 10.2. The fourth-order valence-corrected chi connectivity index (χ4v) is 3.89. The smallest absolute Gasteiger partial charge is 0.345 e. The number of hydrogen-bond acceptors (Lipinski definition) is 6. The average molecular weight is 385 g/mol. The largest absolute Gasteiger partial charge is 0.505 e. The van der Waals surface area contributed by atoms with Crippen molar-refractivity contribution in [2.75, 3.05) is 6.54 Å². The minimum absolute atomic E-state index is 0.159. The molecule has 110 valence electrons. The number of carbonyl (C=O) groups is 1. The second-order valence-electron chi connectivity index (χ2n) is 4.24. The molecule has 0 aliphatic carbocycles. The van der Waals surface area contributed by atoms with Gasteiger partial charge in [0.2, 0.25) is 0 Å². The molecule has 0 spiro atoms. The predicted octanol–water partition coefficient (Wildman–Crippen LogP) is 1.79. The minimum Gasteiger partial charge on any atom is -0.505 e. The van der Waals surface area contributed by atoms with Gasteiger partial charge in [-0.3, -0.25) is 0 Å². The summed E-state index contributed by atoms with van der Waals surface area (Å²) in [4.78, 5) is 11.2. The van der Waals surface area contributed by atoms with Crippen LogP contribution in [0.4, 0.5) is 0 Å². The van der Waals surface area contributed by atoms with E-state index in [1.54, 1.807) is 0 Å². The average Bonchev–Trinajstić information content (AvgIpc) is 2.86. The minimum atomic E-state index is -4.43. The monoisotopic (exact) mass is 383 g/mol. The number of hydrogen-bond donors (Lipinski definition) is 2. The molecule has 0 amide bonds. The zero-order chi connectivity index (χ0) is 14.9. The quantitative estimate of drug-likeness (QED) is 0.772.